The first-order chi connectivity index (χ1) is 5.70. The molecule has 0 aliphatic rings. The van der Waals surface area contributed by atoms with Gasteiger partial charge in [0.1, 0.15) is 5.75 Å². The van der Waals surface area contributed by atoms with Crippen LogP contribution in [0.4, 0.5) is 5.69 Å². The van der Waals surface area contributed by atoms with Crippen LogP contribution in [0.2, 0.25) is 0 Å². The van der Waals surface area contributed by atoms with E-state index in [-0.39, 0.29) is 5.75 Å². The number of phenolic OH excluding ortho intramolecular Hbond substituents is 1. The molecule has 1 aromatic heterocycles. The van der Waals surface area contributed by atoms with E-state index in [0.717, 1.165) is 15.8 Å². The van der Waals surface area contributed by atoms with Crippen molar-refractivity contribution in [1.29, 1.82) is 0 Å². The summed E-state index contributed by atoms with van der Waals surface area (Å²) in [5.41, 5.74) is 6.40. The quantitative estimate of drug-likeness (QED) is 0.748. The highest BCUT2D eigenvalue weighted by atomic mass is 79.9. The van der Waals surface area contributed by atoms with Gasteiger partial charge in [-0.05, 0) is 22.0 Å². The molecule has 1 aromatic carbocycles. The lowest BCUT2D eigenvalue weighted by atomic mass is 10.2. The Morgan fingerprint density at radius 1 is 1.42 bits per heavy atom. The van der Waals surface area contributed by atoms with E-state index >= 15 is 0 Å². The highest BCUT2D eigenvalue weighted by Crippen LogP contribution is 2.39. The lowest BCUT2D eigenvalue weighted by molar-refractivity contribution is 0.479. The molecule has 0 amide bonds. The fourth-order valence-corrected chi connectivity index (χ4v) is 2.45. The number of benzene rings is 1. The monoisotopic (exact) mass is 243 g/mol. The largest absolute Gasteiger partial charge is 0.505 e. The molecule has 0 saturated heterocycles. The molecule has 2 rings (SSSR count). The number of nitrogen functional groups attached to an aromatic ring is 1. The highest BCUT2D eigenvalue weighted by Gasteiger charge is 2.07. The van der Waals surface area contributed by atoms with Crippen molar-refractivity contribution in [2.24, 2.45) is 0 Å². The summed E-state index contributed by atoms with van der Waals surface area (Å²) in [7, 11) is 0. The van der Waals surface area contributed by atoms with Crippen molar-refractivity contribution in [2.75, 3.05) is 5.73 Å². The van der Waals surface area contributed by atoms with Gasteiger partial charge in [-0.3, -0.25) is 0 Å². The summed E-state index contributed by atoms with van der Waals surface area (Å²) in [4.78, 5) is 0. The molecule has 0 unspecified atom stereocenters. The molecular weight excluding hydrogens is 238 g/mol. The van der Waals surface area contributed by atoms with Crippen LogP contribution in [-0.4, -0.2) is 5.11 Å². The maximum absolute atomic E-state index is 9.58. The topological polar surface area (TPSA) is 46.2 Å². The first kappa shape index (κ1) is 7.89. The van der Waals surface area contributed by atoms with Gasteiger partial charge in [-0.25, -0.2) is 0 Å². The zero-order valence-corrected chi connectivity index (χ0v) is 8.45. The van der Waals surface area contributed by atoms with E-state index in [1.54, 1.807) is 6.07 Å². The number of fused-ring (bicyclic) bond motifs is 1. The van der Waals surface area contributed by atoms with E-state index in [4.69, 9.17) is 5.73 Å². The Morgan fingerprint density at radius 2 is 2.17 bits per heavy atom. The maximum atomic E-state index is 9.58. The summed E-state index contributed by atoms with van der Waals surface area (Å²) in [6.45, 7) is 0. The predicted molar refractivity (Wildman–Crippen MR) is 55.6 cm³/mol. The standard InChI is InChI=1S/C8H6BrNOS/c9-5-2-1-4-6(10)3-12-8(4)7(5)11/h1-3,11H,10H2. The maximum Gasteiger partial charge on any atom is 0.147 e. The number of thiophene rings is 1. The lowest BCUT2D eigenvalue weighted by Gasteiger charge is -1.97. The third-order valence-electron chi connectivity index (χ3n) is 1.70. The summed E-state index contributed by atoms with van der Waals surface area (Å²) in [6, 6.07) is 3.69. The van der Waals surface area contributed by atoms with Gasteiger partial charge in [0.2, 0.25) is 0 Å². The van der Waals surface area contributed by atoms with E-state index in [2.05, 4.69) is 15.9 Å². The van der Waals surface area contributed by atoms with Crippen LogP contribution in [-0.2, 0) is 0 Å². The summed E-state index contributed by atoms with van der Waals surface area (Å²) >= 11 is 4.69. The van der Waals surface area contributed by atoms with Gasteiger partial charge in [0.25, 0.3) is 0 Å². The lowest BCUT2D eigenvalue weighted by Crippen LogP contribution is -1.79. The number of anilines is 1. The van der Waals surface area contributed by atoms with Gasteiger partial charge < -0.3 is 10.8 Å². The van der Waals surface area contributed by atoms with E-state index in [0.29, 0.717) is 4.47 Å². The number of halogens is 1. The van der Waals surface area contributed by atoms with Gasteiger partial charge in [0.05, 0.1) is 14.9 Å². The normalized spacial score (nSPS) is 10.8. The third kappa shape index (κ3) is 0.990. The molecule has 12 heavy (non-hydrogen) atoms. The minimum absolute atomic E-state index is 0.272. The van der Waals surface area contributed by atoms with Crippen molar-refractivity contribution in [2.45, 2.75) is 0 Å². The van der Waals surface area contributed by atoms with E-state index in [1.807, 2.05) is 11.4 Å². The molecule has 0 fully saturated rings. The zero-order chi connectivity index (χ0) is 8.72. The Hall–Kier alpha value is -0.740. The number of hydrogen-bond acceptors (Lipinski definition) is 3. The summed E-state index contributed by atoms with van der Waals surface area (Å²) in [5.74, 6) is 0.272. The Bertz CT molecular complexity index is 438. The van der Waals surface area contributed by atoms with Gasteiger partial charge in [-0.2, -0.15) is 0 Å². The Balaban J connectivity index is 2.93. The Labute approximate surface area is 81.8 Å². The minimum Gasteiger partial charge on any atom is -0.505 e. The molecule has 62 valence electrons. The van der Waals surface area contributed by atoms with Crippen LogP contribution >= 0.6 is 27.3 Å². The summed E-state index contributed by atoms with van der Waals surface area (Å²) in [5, 5.41) is 12.3. The van der Waals surface area contributed by atoms with Crippen molar-refractivity contribution >= 4 is 43.0 Å². The Morgan fingerprint density at radius 3 is 2.92 bits per heavy atom. The molecule has 0 aliphatic carbocycles. The van der Waals surface area contributed by atoms with Crippen LogP contribution in [0.25, 0.3) is 10.1 Å². The van der Waals surface area contributed by atoms with Crippen LogP contribution in [0.3, 0.4) is 0 Å². The zero-order valence-electron chi connectivity index (χ0n) is 6.04. The van der Waals surface area contributed by atoms with Crippen molar-refractivity contribution in [3.8, 4) is 5.75 Å². The Kier molecular flexibility index (Phi) is 1.73. The van der Waals surface area contributed by atoms with E-state index < -0.39 is 0 Å². The average Bonchev–Trinajstić information content (AvgIpc) is 2.41. The van der Waals surface area contributed by atoms with Crippen molar-refractivity contribution in [1.82, 2.24) is 0 Å². The second kappa shape index (κ2) is 2.64. The molecule has 0 saturated carbocycles. The van der Waals surface area contributed by atoms with Crippen LogP contribution in [0.15, 0.2) is 22.0 Å². The fraction of sp³-hybridized carbons (Fsp3) is 0. The number of aromatic hydroxyl groups is 1. The predicted octanol–water partition coefficient (Wildman–Crippen LogP) is 2.95. The molecule has 4 heteroatoms. The molecule has 0 bridgehead atoms. The molecule has 0 spiro atoms. The number of nitrogens with two attached hydrogens (primary N) is 1. The summed E-state index contributed by atoms with van der Waals surface area (Å²) in [6.07, 6.45) is 0. The molecule has 0 aliphatic heterocycles. The fourth-order valence-electron chi connectivity index (χ4n) is 1.08. The molecular formula is C8H6BrNOS. The van der Waals surface area contributed by atoms with E-state index in [1.165, 1.54) is 11.3 Å². The van der Waals surface area contributed by atoms with Crippen LogP contribution in [0, 0.1) is 0 Å². The van der Waals surface area contributed by atoms with Gasteiger partial charge in [0.15, 0.2) is 0 Å². The smallest absolute Gasteiger partial charge is 0.147 e. The van der Waals surface area contributed by atoms with Gasteiger partial charge in [0, 0.05) is 10.8 Å². The second-order valence-electron chi connectivity index (χ2n) is 2.46. The number of hydrogen-bond donors (Lipinski definition) is 2. The van der Waals surface area contributed by atoms with Crippen molar-refractivity contribution in [3.05, 3.63) is 22.0 Å². The van der Waals surface area contributed by atoms with Crippen molar-refractivity contribution < 1.29 is 5.11 Å². The van der Waals surface area contributed by atoms with Gasteiger partial charge >= 0.3 is 0 Å². The number of rotatable bonds is 0. The highest BCUT2D eigenvalue weighted by molar-refractivity contribution is 9.10. The third-order valence-corrected chi connectivity index (χ3v) is 3.36. The van der Waals surface area contributed by atoms with Crippen LogP contribution in [0.1, 0.15) is 0 Å². The first-order valence-electron chi connectivity index (χ1n) is 3.34. The van der Waals surface area contributed by atoms with Crippen LogP contribution in [0.5, 0.6) is 5.75 Å². The second-order valence-corrected chi connectivity index (χ2v) is 4.20. The van der Waals surface area contributed by atoms with Crippen LogP contribution < -0.4 is 5.73 Å². The first-order valence-corrected chi connectivity index (χ1v) is 5.01. The molecule has 0 radical (unpaired) electrons. The van der Waals surface area contributed by atoms with Gasteiger partial charge in [-0.15, -0.1) is 11.3 Å². The summed E-state index contributed by atoms with van der Waals surface area (Å²) < 4.78 is 1.54. The molecule has 2 nitrogen and oxygen atoms in total. The van der Waals surface area contributed by atoms with Crippen molar-refractivity contribution in [3.63, 3.8) is 0 Å². The molecule has 2 aromatic rings. The molecule has 0 atom stereocenters. The number of phenols is 1. The molecule has 3 N–H and O–H groups in total. The molecule has 1 heterocycles. The van der Waals surface area contributed by atoms with Gasteiger partial charge in [-0.1, -0.05) is 6.07 Å². The average molecular weight is 244 g/mol. The SMILES string of the molecule is Nc1csc2c(O)c(Br)ccc12. The van der Waals surface area contributed by atoms with E-state index in [9.17, 15) is 5.11 Å². The minimum atomic E-state index is 0.272.